The molecule has 2 N–H and O–H groups in total. The van der Waals surface area contributed by atoms with Crippen LogP contribution in [0.4, 0.5) is 0 Å². The summed E-state index contributed by atoms with van der Waals surface area (Å²) in [6, 6.07) is 2.58. The van der Waals surface area contributed by atoms with E-state index in [2.05, 4.69) is 4.72 Å². The van der Waals surface area contributed by atoms with Crippen molar-refractivity contribution in [2.24, 2.45) is 0 Å². The Morgan fingerprint density at radius 2 is 1.94 bits per heavy atom. The zero-order valence-corrected chi connectivity index (χ0v) is 10.8. The van der Waals surface area contributed by atoms with E-state index in [4.69, 9.17) is 5.11 Å². The second-order valence-electron chi connectivity index (χ2n) is 4.28. The van der Waals surface area contributed by atoms with Gasteiger partial charge in [0, 0.05) is 5.54 Å². The predicted octanol–water partition coefficient (Wildman–Crippen LogP) is 1.52. The molecule has 1 heterocycles. The fourth-order valence-corrected chi connectivity index (χ4v) is 3.60. The van der Waals surface area contributed by atoms with Crippen molar-refractivity contribution in [3.8, 4) is 0 Å². The lowest BCUT2D eigenvalue weighted by atomic mass is 10.1. The monoisotopic (exact) mass is 263 g/mol. The molecule has 0 bridgehead atoms. The van der Waals surface area contributed by atoms with Gasteiger partial charge in [-0.15, -0.1) is 11.3 Å². The van der Waals surface area contributed by atoms with Crippen molar-refractivity contribution in [1.82, 2.24) is 4.72 Å². The molecule has 0 atom stereocenters. The molecule has 90 valence electrons. The third kappa shape index (κ3) is 3.29. The molecule has 0 aromatic carbocycles. The van der Waals surface area contributed by atoms with Crippen molar-refractivity contribution in [3.63, 3.8) is 0 Å². The van der Waals surface area contributed by atoms with Gasteiger partial charge in [-0.25, -0.2) is 17.9 Å². The van der Waals surface area contributed by atoms with Crippen LogP contribution in [-0.4, -0.2) is 25.0 Å². The van der Waals surface area contributed by atoms with E-state index in [0.29, 0.717) is 0 Å². The number of hydrogen-bond acceptors (Lipinski definition) is 4. The highest BCUT2D eigenvalue weighted by Gasteiger charge is 2.24. The Kier molecular flexibility index (Phi) is 3.41. The van der Waals surface area contributed by atoms with E-state index in [1.165, 1.54) is 12.1 Å². The molecule has 7 heteroatoms. The van der Waals surface area contributed by atoms with Gasteiger partial charge in [-0.05, 0) is 32.9 Å². The maximum atomic E-state index is 11.8. The minimum absolute atomic E-state index is 0.00860. The van der Waals surface area contributed by atoms with E-state index in [1.54, 1.807) is 20.8 Å². The highest BCUT2D eigenvalue weighted by molar-refractivity contribution is 7.91. The van der Waals surface area contributed by atoms with Crippen molar-refractivity contribution in [3.05, 3.63) is 17.0 Å². The van der Waals surface area contributed by atoms with Crippen LogP contribution in [0.5, 0.6) is 0 Å². The Balaban J connectivity index is 3.04. The van der Waals surface area contributed by atoms with Crippen LogP contribution >= 0.6 is 11.3 Å². The van der Waals surface area contributed by atoms with Gasteiger partial charge in [0.2, 0.25) is 0 Å². The number of rotatable bonds is 3. The molecule has 0 amide bonds. The second kappa shape index (κ2) is 4.15. The van der Waals surface area contributed by atoms with Gasteiger partial charge in [0.1, 0.15) is 9.09 Å². The largest absolute Gasteiger partial charge is 0.477 e. The Morgan fingerprint density at radius 1 is 1.38 bits per heavy atom. The van der Waals surface area contributed by atoms with E-state index in [-0.39, 0.29) is 9.09 Å². The van der Waals surface area contributed by atoms with E-state index < -0.39 is 21.5 Å². The molecule has 1 rings (SSSR count). The number of aromatic carboxylic acids is 1. The highest BCUT2D eigenvalue weighted by Crippen LogP contribution is 2.22. The van der Waals surface area contributed by atoms with Gasteiger partial charge in [-0.3, -0.25) is 0 Å². The lowest BCUT2D eigenvalue weighted by Gasteiger charge is -2.19. The van der Waals surface area contributed by atoms with Gasteiger partial charge in [0.15, 0.2) is 0 Å². The zero-order chi connectivity index (χ0) is 12.6. The first-order valence-corrected chi connectivity index (χ1v) is 6.79. The molecule has 0 spiro atoms. The second-order valence-corrected chi connectivity index (χ2v) is 7.27. The maximum absolute atomic E-state index is 11.8. The highest BCUT2D eigenvalue weighted by atomic mass is 32.2. The predicted molar refractivity (Wildman–Crippen MR) is 61.4 cm³/mol. The van der Waals surface area contributed by atoms with Crippen molar-refractivity contribution < 1.29 is 18.3 Å². The molecule has 5 nitrogen and oxygen atoms in total. The summed E-state index contributed by atoms with van der Waals surface area (Å²) in [5.41, 5.74) is -0.591. The van der Waals surface area contributed by atoms with Crippen LogP contribution in [0.2, 0.25) is 0 Å². The van der Waals surface area contributed by atoms with Crippen LogP contribution in [0.1, 0.15) is 30.4 Å². The maximum Gasteiger partial charge on any atom is 0.345 e. The van der Waals surface area contributed by atoms with E-state index in [9.17, 15) is 13.2 Å². The molecule has 16 heavy (non-hydrogen) atoms. The molecule has 0 aliphatic carbocycles. The third-order valence-corrected chi connectivity index (χ3v) is 4.82. The number of hydrogen-bond donors (Lipinski definition) is 2. The first kappa shape index (κ1) is 13.1. The van der Waals surface area contributed by atoms with Crippen molar-refractivity contribution in [2.45, 2.75) is 30.5 Å². The van der Waals surface area contributed by atoms with Crippen molar-refractivity contribution >= 4 is 27.3 Å². The molecule has 0 radical (unpaired) electrons. The molecule has 0 aliphatic rings. The minimum atomic E-state index is -3.63. The van der Waals surface area contributed by atoms with Crippen LogP contribution in [0.15, 0.2) is 16.3 Å². The van der Waals surface area contributed by atoms with E-state index in [1.807, 2.05) is 0 Å². The van der Waals surface area contributed by atoms with Crippen LogP contribution in [0.25, 0.3) is 0 Å². The van der Waals surface area contributed by atoms with Crippen molar-refractivity contribution in [2.75, 3.05) is 0 Å². The number of sulfonamides is 1. The average molecular weight is 263 g/mol. The van der Waals surface area contributed by atoms with Crippen LogP contribution in [-0.2, 0) is 10.0 Å². The summed E-state index contributed by atoms with van der Waals surface area (Å²) >= 11 is 0.739. The molecular formula is C9H13NO4S2. The van der Waals surface area contributed by atoms with E-state index in [0.717, 1.165) is 11.3 Å². The van der Waals surface area contributed by atoms with Gasteiger partial charge in [0.25, 0.3) is 10.0 Å². The molecule has 0 fully saturated rings. The summed E-state index contributed by atoms with van der Waals surface area (Å²) in [5.74, 6) is -1.12. The molecule has 0 saturated heterocycles. The Labute approximate surface area is 98.2 Å². The molecule has 1 aromatic rings. The molecule has 0 aliphatic heterocycles. The Hall–Kier alpha value is -0.920. The fourth-order valence-electron chi connectivity index (χ4n) is 1.03. The molecule has 0 saturated carbocycles. The molecule has 0 unspecified atom stereocenters. The van der Waals surface area contributed by atoms with Crippen LogP contribution < -0.4 is 4.72 Å². The number of carbonyl (C=O) groups is 1. The number of carboxylic acid groups (broad SMARTS) is 1. The normalized spacial score (nSPS) is 12.7. The third-order valence-electron chi connectivity index (χ3n) is 1.50. The standard InChI is InChI=1S/C9H13NO4S2/c1-9(2,3)10-16(13,14)7-5-4-6(15-7)8(11)12/h4-5,10H,1-3H3,(H,11,12). The van der Waals surface area contributed by atoms with Gasteiger partial charge in [-0.2, -0.15) is 0 Å². The number of carboxylic acids is 1. The summed E-state index contributed by atoms with van der Waals surface area (Å²) in [7, 11) is -3.63. The summed E-state index contributed by atoms with van der Waals surface area (Å²) in [6.45, 7) is 5.16. The van der Waals surface area contributed by atoms with Crippen LogP contribution in [0.3, 0.4) is 0 Å². The smallest absolute Gasteiger partial charge is 0.345 e. The first-order valence-electron chi connectivity index (χ1n) is 4.49. The van der Waals surface area contributed by atoms with Crippen molar-refractivity contribution in [1.29, 1.82) is 0 Å². The van der Waals surface area contributed by atoms with Gasteiger partial charge < -0.3 is 5.11 Å². The lowest BCUT2D eigenvalue weighted by molar-refractivity contribution is 0.0702. The summed E-state index contributed by atoms with van der Waals surface area (Å²) < 4.78 is 26.0. The number of thiophene rings is 1. The summed E-state index contributed by atoms with van der Waals surface area (Å²) in [5, 5.41) is 8.69. The zero-order valence-electron chi connectivity index (χ0n) is 9.14. The van der Waals surface area contributed by atoms with Gasteiger partial charge >= 0.3 is 5.97 Å². The Morgan fingerprint density at radius 3 is 2.31 bits per heavy atom. The molecular weight excluding hydrogens is 250 g/mol. The van der Waals surface area contributed by atoms with Crippen LogP contribution in [0, 0.1) is 0 Å². The van der Waals surface area contributed by atoms with Gasteiger partial charge in [0.05, 0.1) is 0 Å². The van der Waals surface area contributed by atoms with Gasteiger partial charge in [-0.1, -0.05) is 0 Å². The number of nitrogens with one attached hydrogen (secondary N) is 1. The summed E-state index contributed by atoms with van der Waals surface area (Å²) in [4.78, 5) is 10.6. The average Bonchev–Trinajstić information content (AvgIpc) is 2.46. The minimum Gasteiger partial charge on any atom is -0.477 e. The lowest BCUT2D eigenvalue weighted by Crippen LogP contribution is -2.40. The first-order chi connectivity index (χ1) is 7.12. The molecule has 1 aromatic heterocycles. The van der Waals surface area contributed by atoms with E-state index >= 15 is 0 Å². The quantitative estimate of drug-likeness (QED) is 0.866. The summed E-state index contributed by atoms with van der Waals surface area (Å²) in [6.07, 6.45) is 0. The topological polar surface area (TPSA) is 83.5 Å². The fraction of sp³-hybridized carbons (Fsp3) is 0.444. The SMILES string of the molecule is CC(C)(C)NS(=O)(=O)c1ccc(C(=O)O)s1. The Bertz CT molecular complexity index is 496.